The minimum atomic E-state index is -0.587. The highest BCUT2D eigenvalue weighted by molar-refractivity contribution is 5.23. The topological polar surface area (TPSA) is 52.2 Å². The molecule has 0 amide bonds. The number of rotatable bonds is 6. The smallest absolute Gasteiger partial charge is 0.0594 e. The molecule has 4 heteroatoms. The molecule has 1 aromatic carbocycles. The van der Waals surface area contributed by atoms with Crippen LogP contribution >= 0.6 is 0 Å². The van der Waals surface area contributed by atoms with E-state index in [0.717, 1.165) is 32.5 Å². The first kappa shape index (κ1) is 18.2. The molecule has 4 nitrogen and oxygen atoms in total. The predicted molar refractivity (Wildman–Crippen MR) is 102 cm³/mol. The number of benzene rings is 1. The van der Waals surface area contributed by atoms with E-state index < -0.39 is 5.60 Å². The zero-order chi connectivity index (χ0) is 17.9. The number of nitrogens with zero attached hydrogens (tertiary/aromatic N) is 2. The summed E-state index contributed by atoms with van der Waals surface area (Å²) in [5.41, 5.74) is 4.72. The van der Waals surface area contributed by atoms with Crippen LogP contribution in [0, 0.1) is 6.92 Å². The van der Waals surface area contributed by atoms with Gasteiger partial charge in [-0.2, -0.15) is 5.10 Å². The van der Waals surface area contributed by atoms with Crippen LogP contribution in [0.1, 0.15) is 61.4 Å². The van der Waals surface area contributed by atoms with Crippen molar-refractivity contribution in [2.24, 2.45) is 0 Å². The molecule has 1 aromatic heterocycles. The Morgan fingerprint density at radius 1 is 1.16 bits per heavy atom. The van der Waals surface area contributed by atoms with Gasteiger partial charge in [0.25, 0.3) is 0 Å². The van der Waals surface area contributed by atoms with Crippen molar-refractivity contribution >= 4 is 0 Å². The summed E-state index contributed by atoms with van der Waals surface area (Å²) >= 11 is 0. The molecule has 136 valence electrons. The van der Waals surface area contributed by atoms with Crippen molar-refractivity contribution in [2.45, 2.75) is 64.5 Å². The van der Waals surface area contributed by atoms with Crippen LogP contribution in [0.15, 0.2) is 30.5 Å². The van der Waals surface area contributed by atoms with Gasteiger partial charge in [0.1, 0.15) is 0 Å². The highest BCUT2D eigenvalue weighted by atomic mass is 16.3. The Labute approximate surface area is 151 Å². The molecule has 2 aromatic rings. The van der Waals surface area contributed by atoms with E-state index in [1.807, 2.05) is 20.0 Å². The number of piperidine rings is 1. The Morgan fingerprint density at radius 2 is 1.80 bits per heavy atom. The van der Waals surface area contributed by atoms with Crippen LogP contribution in [0.25, 0.3) is 0 Å². The third-order valence-corrected chi connectivity index (χ3v) is 5.32. The molecule has 1 aliphatic heterocycles. The van der Waals surface area contributed by atoms with E-state index in [2.05, 4.69) is 46.3 Å². The molecule has 0 aliphatic carbocycles. The second kappa shape index (κ2) is 7.71. The van der Waals surface area contributed by atoms with Gasteiger partial charge >= 0.3 is 0 Å². The molecule has 2 N–H and O–H groups in total. The Balaban J connectivity index is 1.48. The highest BCUT2D eigenvalue weighted by Gasteiger charge is 2.22. The van der Waals surface area contributed by atoms with Gasteiger partial charge in [-0.15, -0.1) is 0 Å². The molecule has 0 saturated carbocycles. The van der Waals surface area contributed by atoms with Crippen molar-refractivity contribution in [2.75, 3.05) is 13.1 Å². The number of hydrogen-bond acceptors (Lipinski definition) is 3. The number of aromatic amines is 1. The zero-order valence-electron chi connectivity index (χ0n) is 15.8. The van der Waals surface area contributed by atoms with Crippen LogP contribution in [-0.2, 0) is 13.0 Å². The summed E-state index contributed by atoms with van der Waals surface area (Å²) < 4.78 is 0. The van der Waals surface area contributed by atoms with Crippen molar-refractivity contribution in [3.05, 3.63) is 52.8 Å². The number of H-pyrrole nitrogens is 1. The number of nitrogens with one attached hydrogen (secondary N) is 1. The van der Waals surface area contributed by atoms with Crippen molar-refractivity contribution in [3.63, 3.8) is 0 Å². The van der Waals surface area contributed by atoms with Gasteiger partial charge in [-0.1, -0.05) is 24.3 Å². The molecule has 0 radical (unpaired) electrons. The molecule has 0 atom stereocenters. The Bertz CT molecular complexity index is 661. The minimum Gasteiger partial charge on any atom is -0.390 e. The van der Waals surface area contributed by atoms with Gasteiger partial charge in [0.15, 0.2) is 0 Å². The van der Waals surface area contributed by atoms with Gasteiger partial charge in [-0.05, 0) is 76.2 Å². The fraction of sp³-hybridized carbons (Fsp3) is 0.571. The number of aryl methyl sites for hydroxylation is 2. The lowest BCUT2D eigenvalue weighted by molar-refractivity contribution is 0.0714. The van der Waals surface area contributed by atoms with Crippen molar-refractivity contribution < 1.29 is 5.11 Å². The normalized spacial score (nSPS) is 17.1. The SMILES string of the molecule is Cc1cn[nH]c1C1CCN(Cc2ccc(CCC(C)(C)O)cc2)CC1. The van der Waals surface area contributed by atoms with Crippen LogP contribution in [0.2, 0.25) is 0 Å². The minimum absolute atomic E-state index is 0.587. The van der Waals surface area contributed by atoms with Gasteiger partial charge in [0, 0.05) is 18.2 Å². The van der Waals surface area contributed by atoms with Crippen LogP contribution in [-0.4, -0.2) is 38.9 Å². The summed E-state index contributed by atoms with van der Waals surface area (Å²) in [4.78, 5) is 2.55. The molecule has 1 aliphatic rings. The first-order valence-electron chi connectivity index (χ1n) is 9.43. The number of hydrogen-bond donors (Lipinski definition) is 2. The third-order valence-electron chi connectivity index (χ3n) is 5.32. The lowest BCUT2D eigenvalue weighted by atomic mass is 9.91. The van der Waals surface area contributed by atoms with Gasteiger partial charge in [0.05, 0.1) is 11.8 Å². The Kier molecular flexibility index (Phi) is 5.60. The standard InChI is InChI=1S/C21H31N3O/c1-16-14-22-23-20(16)19-9-12-24(13-10-19)15-18-6-4-17(5-7-18)8-11-21(2,3)25/h4-7,14,19,25H,8-13,15H2,1-3H3,(H,22,23). The van der Waals surface area contributed by atoms with Gasteiger partial charge in [0.2, 0.25) is 0 Å². The molecule has 0 spiro atoms. The van der Waals surface area contributed by atoms with Crippen molar-refractivity contribution in [1.29, 1.82) is 0 Å². The van der Waals surface area contributed by atoms with Gasteiger partial charge < -0.3 is 5.11 Å². The largest absolute Gasteiger partial charge is 0.390 e. The average molecular weight is 341 g/mol. The second-order valence-electron chi connectivity index (χ2n) is 8.15. The number of aromatic nitrogens is 2. The molecular formula is C21H31N3O. The van der Waals surface area contributed by atoms with E-state index in [0.29, 0.717) is 5.92 Å². The fourth-order valence-corrected chi connectivity index (χ4v) is 3.67. The zero-order valence-corrected chi connectivity index (χ0v) is 15.8. The highest BCUT2D eigenvalue weighted by Crippen LogP contribution is 2.29. The van der Waals surface area contributed by atoms with Crippen molar-refractivity contribution in [1.82, 2.24) is 15.1 Å². The lowest BCUT2D eigenvalue weighted by Crippen LogP contribution is -2.32. The number of likely N-dealkylation sites (tertiary alicyclic amines) is 1. The van der Waals surface area contributed by atoms with Crippen molar-refractivity contribution in [3.8, 4) is 0 Å². The second-order valence-corrected chi connectivity index (χ2v) is 8.15. The maximum atomic E-state index is 9.84. The van der Waals surface area contributed by atoms with Gasteiger partial charge in [-0.3, -0.25) is 10.00 Å². The first-order valence-corrected chi connectivity index (χ1v) is 9.43. The van der Waals surface area contributed by atoms with E-state index in [1.165, 1.54) is 35.2 Å². The predicted octanol–water partition coefficient (Wildman–Crippen LogP) is 3.80. The molecule has 1 saturated heterocycles. The van der Waals surface area contributed by atoms with Crippen LogP contribution in [0.5, 0.6) is 0 Å². The molecule has 3 rings (SSSR count). The van der Waals surface area contributed by atoms with Gasteiger partial charge in [-0.25, -0.2) is 0 Å². The van der Waals surface area contributed by atoms with Crippen LogP contribution in [0.4, 0.5) is 0 Å². The van der Waals surface area contributed by atoms with Crippen LogP contribution in [0.3, 0.4) is 0 Å². The summed E-state index contributed by atoms with van der Waals surface area (Å²) in [5.74, 6) is 0.628. The average Bonchev–Trinajstić information content (AvgIpc) is 3.00. The third kappa shape index (κ3) is 5.16. The fourth-order valence-electron chi connectivity index (χ4n) is 3.67. The van der Waals surface area contributed by atoms with E-state index >= 15 is 0 Å². The molecule has 2 heterocycles. The molecule has 1 fully saturated rings. The Hall–Kier alpha value is -1.65. The summed E-state index contributed by atoms with van der Waals surface area (Å²) in [6.07, 6.45) is 6.06. The molecule has 0 bridgehead atoms. The summed E-state index contributed by atoms with van der Waals surface area (Å²) in [7, 11) is 0. The van der Waals surface area contributed by atoms with E-state index in [-0.39, 0.29) is 0 Å². The quantitative estimate of drug-likeness (QED) is 0.840. The number of aliphatic hydroxyl groups is 1. The summed E-state index contributed by atoms with van der Waals surface area (Å²) in [6.45, 7) is 9.20. The Morgan fingerprint density at radius 3 is 2.36 bits per heavy atom. The first-order chi connectivity index (χ1) is 11.9. The van der Waals surface area contributed by atoms with E-state index in [1.54, 1.807) is 0 Å². The molecule has 25 heavy (non-hydrogen) atoms. The lowest BCUT2D eigenvalue weighted by Gasteiger charge is -2.31. The van der Waals surface area contributed by atoms with E-state index in [9.17, 15) is 5.11 Å². The summed E-state index contributed by atoms with van der Waals surface area (Å²) in [6, 6.07) is 8.90. The maximum absolute atomic E-state index is 9.84. The van der Waals surface area contributed by atoms with E-state index in [4.69, 9.17) is 0 Å². The van der Waals surface area contributed by atoms with Crippen LogP contribution < -0.4 is 0 Å². The maximum Gasteiger partial charge on any atom is 0.0594 e. The molecular weight excluding hydrogens is 310 g/mol. The summed E-state index contributed by atoms with van der Waals surface area (Å²) in [5, 5.41) is 17.2. The monoisotopic (exact) mass is 341 g/mol. The molecule has 0 unspecified atom stereocenters.